The van der Waals surface area contributed by atoms with Crippen molar-refractivity contribution in [1.82, 2.24) is 9.88 Å². The zero-order chi connectivity index (χ0) is 14.0. The highest BCUT2D eigenvalue weighted by molar-refractivity contribution is 5.92. The monoisotopic (exact) mass is 254 g/mol. The van der Waals surface area contributed by atoms with E-state index in [4.69, 9.17) is 0 Å². The van der Waals surface area contributed by atoms with Crippen LogP contribution in [0.25, 0.3) is 11.3 Å². The van der Waals surface area contributed by atoms with Crippen LogP contribution in [0.15, 0.2) is 36.4 Å². The number of aromatic nitrogens is 1. The molecule has 19 heavy (non-hydrogen) atoms. The van der Waals surface area contributed by atoms with E-state index in [1.165, 1.54) is 10.5 Å². The summed E-state index contributed by atoms with van der Waals surface area (Å²) in [5.41, 5.74) is 4.74. The van der Waals surface area contributed by atoms with Crippen molar-refractivity contribution in [2.75, 3.05) is 14.1 Å². The van der Waals surface area contributed by atoms with Crippen molar-refractivity contribution in [2.45, 2.75) is 13.8 Å². The Labute approximate surface area is 113 Å². The summed E-state index contributed by atoms with van der Waals surface area (Å²) in [5, 5.41) is 0. The number of rotatable bonds is 2. The minimum absolute atomic E-state index is 0.0767. The second-order valence-electron chi connectivity index (χ2n) is 4.93. The average molecular weight is 254 g/mol. The largest absolute Gasteiger partial charge is 0.343 e. The van der Waals surface area contributed by atoms with E-state index in [1.54, 1.807) is 20.2 Å². The van der Waals surface area contributed by atoms with Gasteiger partial charge < -0.3 is 4.90 Å². The Kier molecular flexibility index (Phi) is 3.65. The van der Waals surface area contributed by atoms with Gasteiger partial charge in [0.05, 0.1) is 5.69 Å². The molecular formula is C16H18N2O. The third kappa shape index (κ3) is 2.81. The molecule has 0 aliphatic carbocycles. The molecule has 3 heteroatoms. The lowest BCUT2D eigenvalue weighted by atomic mass is 10.0. The molecule has 1 aromatic carbocycles. The normalized spacial score (nSPS) is 10.3. The van der Waals surface area contributed by atoms with Crippen molar-refractivity contribution in [3.05, 3.63) is 53.2 Å². The summed E-state index contributed by atoms with van der Waals surface area (Å²) in [6, 6.07) is 11.8. The summed E-state index contributed by atoms with van der Waals surface area (Å²) in [7, 11) is 3.46. The Bertz CT molecular complexity index is 618. The number of carbonyl (C=O) groups excluding carboxylic acids is 1. The van der Waals surface area contributed by atoms with Crippen molar-refractivity contribution in [2.24, 2.45) is 0 Å². The quantitative estimate of drug-likeness (QED) is 0.825. The van der Waals surface area contributed by atoms with Crippen LogP contribution in [0, 0.1) is 13.8 Å². The van der Waals surface area contributed by atoms with Gasteiger partial charge in [-0.2, -0.15) is 0 Å². The van der Waals surface area contributed by atoms with Crippen molar-refractivity contribution >= 4 is 5.91 Å². The maximum atomic E-state index is 11.9. The van der Waals surface area contributed by atoms with E-state index < -0.39 is 0 Å². The maximum Gasteiger partial charge on any atom is 0.271 e. The number of hydrogen-bond donors (Lipinski definition) is 0. The molecule has 0 radical (unpaired) electrons. The first-order chi connectivity index (χ1) is 8.99. The molecule has 0 aliphatic heterocycles. The van der Waals surface area contributed by atoms with Gasteiger partial charge in [-0.05, 0) is 37.6 Å². The number of carbonyl (C=O) groups is 1. The summed E-state index contributed by atoms with van der Waals surface area (Å²) in [6.45, 7) is 4.11. The highest BCUT2D eigenvalue weighted by Gasteiger charge is 2.11. The third-order valence-corrected chi connectivity index (χ3v) is 3.04. The van der Waals surface area contributed by atoms with Crippen LogP contribution in [0.5, 0.6) is 0 Å². The van der Waals surface area contributed by atoms with Crippen LogP contribution in [-0.2, 0) is 0 Å². The molecule has 3 nitrogen and oxygen atoms in total. The molecule has 2 aromatic rings. The van der Waals surface area contributed by atoms with E-state index >= 15 is 0 Å². The lowest BCUT2D eigenvalue weighted by molar-refractivity contribution is 0.0822. The van der Waals surface area contributed by atoms with E-state index in [1.807, 2.05) is 12.1 Å². The molecule has 1 heterocycles. The van der Waals surface area contributed by atoms with Crippen molar-refractivity contribution in [3.63, 3.8) is 0 Å². The Morgan fingerprint density at radius 3 is 2.53 bits per heavy atom. The first-order valence-electron chi connectivity index (χ1n) is 6.25. The number of benzene rings is 1. The van der Waals surface area contributed by atoms with Crippen molar-refractivity contribution < 1.29 is 4.79 Å². The van der Waals surface area contributed by atoms with Crippen LogP contribution in [-0.4, -0.2) is 29.9 Å². The van der Waals surface area contributed by atoms with Crippen LogP contribution in [0.2, 0.25) is 0 Å². The van der Waals surface area contributed by atoms with Gasteiger partial charge in [-0.25, -0.2) is 4.98 Å². The molecule has 1 aromatic heterocycles. The molecule has 0 saturated carbocycles. The number of hydrogen-bond acceptors (Lipinski definition) is 2. The molecule has 2 rings (SSSR count). The Hall–Kier alpha value is -2.16. The van der Waals surface area contributed by atoms with Crippen molar-refractivity contribution in [1.29, 1.82) is 0 Å². The summed E-state index contributed by atoms with van der Waals surface area (Å²) < 4.78 is 0. The topological polar surface area (TPSA) is 33.2 Å². The van der Waals surface area contributed by atoms with Crippen molar-refractivity contribution in [3.8, 4) is 11.3 Å². The molecule has 0 saturated heterocycles. The minimum Gasteiger partial charge on any atom is -0.343 e. The van der Waals surface area contributed by atoms with Gasteiger partial charge in [-0.1, -0.05) is 23.8 Å². The predicted molar refractivity (Wildman–Crippen MR) is 77.2 cm³/mol. The fourth-order valence-corrected chi connectivity index (χ4v) is 1.94. The first-order valence-corrected chi connectivity index (χ1v) is 6.25. The van der Waals surface area contributed by atoms with Crippen LogP contribution in [0.4, 0.5) is 0 Å². The van der Waals surface area contributed by atoms with E-state index in [0.717, 1.165) is 16.8 Å². The molecule has 0 bridgehead atoms. The van der Waals surface area contributed by atoms with E-state index in [-0.39, 0.29) is 5.91 Å². The van der Waals surface area contributed by atoms with Gasteiger partial charge in [-0.15, -0.1) is 0 Å². The van der Waals surface area contributed by atoms with Crippen LogP contribution in [0.1, 0.15) is 21.6 Å². The fraction of sp³-hybridized carbons (Fsp3) is 0.250. The van der Waals surface area contributed by atoms with E-state index in [2.05, 4.69) is 37.0 Å². The number of nitrogens with zero attached hydrogens (tertiary/aromatic N) is 2. The molecule has 0 unspecified atom stereocenters. The molecule has 0 fully saturated rings. The van der Waals surface area contributed by atoms with E-state index in [0.29, 0.717) is 5.69 Å². The van der Waals surface area contributed by atoms with Gasteiger partial charge in [-0.3, -0.25) is 4.79 Å². The SMILES string of the molecule is Cc1ccc(C)c(-c2cccc(C(=O)N(C)C)n2)c1. The molecule has 98 valence electrons. The van der Waals surface area contributed by atoms with Gasteiger partial charge in [0.25, 0.3) is 5.91 Å². The van der Waals surface area contributed by atoms with E-state index in [9.17, 15) is 4.79 Å². The second-order valence-corrected chi connectivity index (χ2v) is 4.93. The second kappa shape index (κ2) is 5.22. The summed E-state index contributed by atoms with van der Waals surface area (Å²) in [4.78, 5) is 18.0. The molecular weight excluding hydrogens is 236 g/mol. The summed E-state index contributed by atoms with van der Waals surface area (Å²) in [5.74, 6) is -0.0767. The minimum atomic E-state index is -0.0767. The van der Waals surface area contributed by atoms with Gasteiger partial charge in [0, 0.05) is 19.7 Å². The molecule has 0 aliphatic rings. The zero-order valence-electron chi connectivity index (χ0n) is 11.8. The van der Waals surface area contributed by atoms with Gasteiger partial charge in [0.15, 0.2) is 0 Å². The highest BCUT2D eigenvalue weighted by Crippen LogP contribution is 2.23. The smallest absolute Gasteiger partial charge is 0.271 e. The van der Waals surface area contributed by atoms with Crippen LogP contribution in [0.3, 0.4) is 0 Å². The summed E-state index contributed by atoms with van der Waals surface area (Å²) in [6.07, 6.45) is 0. The molecule has 0 N–H and O–H groups in total. The van der Waals surface area contributed by atoms with Gasteiger partial charge in [0.1, 0.15) is 5.69 Å². The summed E-state index contributed by atoms with van der Waals surface area (Å²) >= 11 is 0. The number of aryl methyl sites for hydroxylation is 2. The highest BCUT2D eigenvalue weighted by atomic mass is 16.2. The van der Waals surface area contributed by atoms with Gasteiger partial charge in [0.2, 0.25) is 0 Å². The fourth-order valence-electron chi connectivity index (χ4n) is 1.94. The standard InChI is InChI=1S/C16H18N2O/c1-11-8-9-12(2)13(10-11)14-6-5-7-15(17-14)16(19)18(3)4/h5-10H,1-4H3. The predicted octanol–water partition coefficient (Wildman–Crippen LogP) is 3.07. The van der Waals surface area contributed by atoms with Gasteiger partial charge >= 0.3 is 0 Å². The van der Waals surface area contributed by atoms with Crippen LogP contribution < -0.4 is 0 Å². The Morgan fingerprint density at radius 1 is 1.11 bits per heavy atom. The third-order valence-electron chi connectivity index (χ3n) is 3.04. The molecule has 0 atom stereocenters. The Morgan fingerprint density at radius 2 is 1.84 bits per heavy atom. The molecule has 0 spiro atoms. The lowest BCUT2D eigenvalue weighted by Crippen LogP contribution is -2.22. The number of amides is 1. The maximum absolute atomic E-state index is 11.9. The average Bonchev–Trinajstić information content (AvgIpc) is 2.40. The van der Waals surface area contributed by atoms with Crippen LogP contribution >= 0.6 is 0 Å². The number of pyridine rings is 1. The lowest BCUT2D eigenvalue weighted by Gasteiger charge is -2.11. The zero-order valence-corrected chi connectivity index (χ0v) is 11.8. The first kappa shape index (κ1) is 13.3. The molecule has 1 amide bonds. The Balaban J connectivity index is 2.49.